The average molecular weight is 267 g/mol. The summed E-state index contributed by atoms with van der Waals surface area (Å²) in [6.45, 7) is 6.89. The lowest BCUT2D eigenvalue weighted by atomic mass is 9.87. The lowest BCUT2D eigenvalue weighted by Gasteiger charge is -2.19. The standard InChI is InChI=1S/C14H19Br/c1-14(2,3)9-10-4-5-11-6-7-13(15)12(11)8-10/h4-5,8,13H,6-7,9H2,1-3H3. The first kappa shape index (κ1) is 11.2. The third kappa shape index (κ3) is 2.63. The van der Waals surface area contributed by atoms with E-state index in [1.54, 1.807) is 0 Å². The van der Waals surface area contributed by atoms with Gasteiger partial charge >= 0.3 is 0 Å². The fourth-order valence-corrected chi connectivity index (χ4v) is 2.98. The molecule has 0 spiro atoms. The number of rotatable bonds is 1. The smallest absolute Gasteiger partial charge is 0.0401 e. The van der Waals surface area contributed by atoms with Crippen LogP contribution in [0, 0.1) is 5.41 Å². The van der Waals surface area contributed by atoms with Gasteiger partial charge < -0.3 is 0 Å². The molecule has 15 heavy (non-hydrogen) atoms. The maximum atomic E-state index is 3.75. The van der Waals surface area contributed by atoms with Gasteiger partial charge in [0.15, 0.2) is 0 Å². The molecule has 0 aromatic heterocycles. The van der Waals surface area contributed by atoms with Crippen molar-refractivity contribution in [3.05, 3.63) is 34.9 Å². The molecule has 82 valence electrons. The van der Waals surface area contributed by atoms with Crippen LogP contribution in [0.2, 0.25) is 0 Å². The summed E-state index contributed by atoms with van der Waals surface area (Å²) in [6, 6.07) is 7.01. The van der Waals surface area contributed by atoms with E-state index in [0.717, 1.165) is 0 Å². The summed E-state index contributed by atoms with van der Waals surface area (Å²) in [5.74, 6) is 0. The Morgan fingerprint density at radius 1 is 1.33 bits per heavy atom. The van der Waals surface area contributed by atoms with Crippen LogP contribution in [0.3, 0.4) is 0 Å². The van der Waals surface area contributed by atoms with Crippen molar-refractivity contribution in [1.29, 1.82) is 0 Å². The van der Waals surface area contributed by atoms with Crippen molar-refractivity contribution in [2.75, 3.05) is 0 Å². The highest BCUT2D eigenvalue weighted by atomic mass is 79.9. The molecule has 0 saturated heterocycles. The molecule has 1 atom stereocenters. The van der Waals surface area contributed by atoms with Crippen molar-refractivity contribution in [3.63, 3.8) is 0 Å². The van der Waals surface area contributed by atoms with Gasteiger partial charge in [-0.25, -0.2) is 0 Å². The van der Waals surface area contributed by atoms with Crippen LogP contribution in [0.1, 0.15) is 48.7 Å². The van der Waals surface area contributed by atoms with Crippen molar-refractivity contribution in [1.82, 2.24) is 0 Å². The van der Waals surface area contributed by atoms with Crippen molar-refractivity contribution >= 4 is 15.9 Å². The van der Waals surface area contributed by atoms with Crippen LogP contribution >= 0.6 is 15.9 Å². The number of benzene rings is 1. The Labute approximate surface area is 101 Å². The summed E-state index contributed by atoms with van der Waals surface area (Å²) < 4.78 is 0. The molecule has 0 N–H and O–H groups in total. The molecule has 0 aliphatic heterocycles. The highest BCUT2D eigenvalue weighted by Gasteiger charge is 2.21. The van der Waals surface area contributed by atoms with Gasteiger partial charge in [-0.1, -0.05) is 54.9 Å². The minimum absolute atomic E-state index is 0.384. The molecule has 1 unspecified atom stereocenters. The molecule has 1 heteroatoms. The molecule has 0 heterocycles. The van der Waals surface area contributed by atoms with Crippen molar-refractivity contribution < 1.29 is 0 Å². The van der Waals surface area contributed by atoms with E-state index < -0.39 is 0 Å². The highest BCUT2D eigenvalue weighted by molar-refractivity contribution is 9.09. The summed E-state index contributed by atoms with van der Waals surface area (Å²) in [5, 5.41) is 0. The zero-order valence-corrected chi connectivity index (χ0v) is 11.4. The van der Waals surface area contributed by atoms with Gasteiger partial charge in [-0.15, -0.1) is 0 Å². The maximum absolute atomic E-state index is 3.75. The van der Waals surface area contributed by atoms with Crippen LogP contribution in [0.5, 0.6) is 0 Å². The van der Waals surface area contributed by atoms with E-state index in [0.29, 0.717) is 10.2 Å². The number of halogens is 1. The van der Waals surface area contributed by atoms with E-state index in [1.165, 1.54) is 36.0 Å². The van der Waals surface area contributed by atoms with Crippen LogP contribution in [0.25, 0.3) is 0 Å². The number of hydrogen-bond acceptors (Lipinski definition) is 0. The van der Waals surface area contributed by atoms with E-state index in [9.17, 15) is 0 Å². The van der Waals surface area contributed by atoms with Crippen LogP contribution in [0.4, 0.5) is 0 Å². The summed E-state index contributed by atoms with van der Waals surface area (Å²) in [5.41, 5.74) is 4.92. The topological polar surface area (TPSA) is 0 Å². The summed E-state index contributed by atoms with van der Waals surface area (Å²) in [6.07, 6.45) is 3.66. The molecule has 0 amide bonds. The van der Waals surface area contributed by atoms with Gasteiger partial charge in [0.1, 0.15) is 0 Å². The Bertz CT molecular complexity index is 360. The molecular weight excluding hydrogens is 248 g/mol. The second-order valence-corrected chi connectivity index (χ2v) is 6.88. The molecule has 1 aliphatic carbocycles. The molecule has 2 rings (SSSR count). The second kappa shape index (κ2) is 3.93. The molecule has 0 bridgehead atoms. The van der Waals surface area contributed by atoms with Gasteiger partial charge in [0.25, 0.3) is 0 Å². The summed E-state index contributed by atoms with van der Waals surface area (Å²) >= 11 is 3.75. The SMILES string of the molecule is CC(C)(C)Cc1ccc2c(c1)C(Br)CC2. The van der Waals surface area contributed by atoms with Gasteiger partial charge in [0, 0.05) is 4.83 Å². The zero-order valence-electron chi connectivity index (χ0n) is 9.81. The predicted molar refractivity (Wildman–Crippen MR) is 69.6 cm³/mol. The Balaban J connectivity index is 2.26. The molecule has 0 nitrogen and oxygen atoms in total. The average Bonchev–Trinajstić information content (AvgIpc) is 2.45. The van der Waals surface area contributed by atoms with E-state index in [4.69, 9.17) is 0 Å². The first-order chi connectivity index (χ1) is 6.96. The fraction of sp³-hybridized carbons (Fsp3) is 0.571. The number of fused-ring (bicyclic) bond motifs is 1. The lowest BCUT2D eigenvalue weighted by Crippen LogP contribution is -2.09. The Kier molecular flexibility index (Phi) is 2.94. The quantitative estimate of drug-likeness (QED) is 0.649. The molecule has 1 aromatic rings. The molecule has 0 radical (unpaired) electrons. The summed E-state index contributed by atoms with van der Waals surface area (Å²) in [7, 11) is 0. The Morgan fingerprint density at radius 3 is 2.73 bits per heavy atom. The third-order valence-corrected chi connectivity index (χ3v) is 3.90. The number of hydrogen-bond donors (Lipinski definition) is 0. The second-order valence-electron chi connectivity index (χ2n) is 5.78. The highest BCUT2D eigenvalue weighted by Crippen LogP contribution is 2.38. The van der Waals surface area contributed by atoms with E-state index in [-0.39, 0.29) is 0 Å². The molecule has 0 saturated carbocycles. The van der Waals surface area contributed by atoms with Gasteiger partial charge in [0.05, 0.1) is 0 Å². The normalized spacial score (nSPS) is 20.4. The first-order valence-electron chi connectivity index (χ1n) is 5.71. The lowest BCUT2D eigenvalue weighted by molar-refractivity contribution is 0.411. The zero-order chi connectivity index (χ0) is 11.1. The predicted octanol–water partition coefficient (Wildman–Crippen LogP) is 4.66. The van der Waals surface area contributed by atoms with E-state index in [2.05, 4.69) is 54.9 Å². The van der Waals surface area contributed by atoms with Gasteiger partial charge in [-0.05, 0) is 41.4 Å². The monoisotopic (exact) mass is 266 g/mol. The van der Waals surface area contributed by atoms with Crippen LogP contribution in [0.15, 0.2) is 18.2 Å². The van der Waals surface area contributed by atoms with Crippen LogP contribution in [-0.2, 0) is 12.8 Å². The number of aryl methyl sites for hydroxylation is 1. The van der Waals surface area contributed by atoms with Crippen LogP contribution in [-0.4, -0.2) is 0 Å². The minimum Gasteiger partial charge on any atom is -0.0839 e. The molecular formula is C14H19Br. The molecule has 0 fully saturated rings. The summed E-state index contributed by atoms with van der Waals surface area (Å²) in [4.78, 5) is 0.590. The largest absolute Gasteiger partial charge is 0.0839 e. The van der Waals surface area contributed by atoms with Crippen LogP contribution < -0.4 is 0 Å². The maximum Gasteiger partial charge on any atom is 0.0401 e. The first-order valence-corrected chi connectivity index (χ1v) is 6.63. The van der Waals surface area contributed by atoms with Crippen molar-refractivity contribution in [3.8, 4) is 0 Å². The van der Waals surface area contributed by atoms with Crippen molar-refractivity contribution in [2.45, 2.75) is 44.9 Å². The Morgan fingerprint density at radius 2 is 2.07 bits per heavy atom. The van der Waals surface area contributed by atoms with E-state index >= 15 is 0 Å². The van der Waals surface area contributed by atoms with E-state index in [1.807, 2.05) is 0 Å². The third-order valence-electron chi connectivity index (χ3n) is 2.95. The molecule has 1 aliphatic rings. The fourth-order valence-electron chi connectivity index (χ4n) is 2.32. The minimum atomic E-state index is 0.384. The molecule has 1 aromatic carbocycles. The Hall–Kier alpha value is -0.300. The van der Waals surface area contributed by atoms with Gasteiger partial charge in [-0.3, -0.25) is 0 Å². The van der Waals surface area contributed by atoms with Gasteiger partial charge in [-0.2, -0.15) is 0 Å². The number of alkyl halides is 1. The van der Waals surface area contributed by atoms with Gasteiger partial charge in [0.2, 0.25) is 0 Å². The van der Waals surface area contributed by atoms with Crippen molar-refractivity contribution in [2.24, 2.45) is 5.41 Å².